The van der Waals surface area contributed by atoms with Crippen molar-refractivity contribution in [2.24, 2.45) is 0 Å². The van der Waals surface area contributed by atoms with Crippen LogP contribution >= 0.6 is 0 Å². The van der Waals surface area contributed by atoms with Gasteiger partial charge in [-0.25, -0.2) is 4.39 Å². The van der Waals surface area contributed by atoms with Gasteiger partial charge in [-0.1, -0.05) is 11.2 Å². The molecule has 1 heterocycles. The molecule has 96 valence electrons. The quantitative estimate of drug-likeness (QED) is 0.826. The summed E-state index contributed by atoms with van der Waals surface area (Å²) in [4.78, 5) is 4.04. The van der Waals surface area contributed by atoms with Crippen LogP contribution in [0, 0.1) is 5.82 Å². The Kier molecular flexibility index (Phi) is 3.88. The molecule has 2 aromatic rings. The van der Waals surface area contributed by atoms with Gasteiger partial charge in [-0.05, 0) is 18.6 Å². The van der Waals surface area contributed by atoms with E-state index in [1.807, 2.05) is 0 Å². The van der Waals surface area contributed by atoms with Crippen LogP contribution in [-0.2, 0) is 11.2 Å². The summed E-state index contributed by atoms with van der Waals surface area (Å²) in [5.41, 5.74) is -0.0667. The highest BCUT2D eigenvalue weighted by Crippen LogP contribution is 2.30. The smallest absolute Gasteiger partial charge is 0.264 e. The van der Waals surface area contributed by atoms with Gasteiger partial charge < -0.3 is 14.4 Å². The van der Waals surface area contributed by atoms with Crippen molar-refractivity contribution in [3.63, 3.8) is 0 Å². The predicted molar refractivity (Wildman–Crippen MR) is 61.6 cm³/mol. The number of hydrogen-bond acceptors (Lipinski definition) is 5. The number of phenols is 1. The van der Waals surface area contributed by atoms with E-state index in [4.69, 9.17) is 9.26 Å². The number of methoxy groups -OCH3 is 1. The Bertz CT molecular complexity index is 508. The van der Waals surface area contributed by atoms with Crippen LogP contribution in [0.1, 0.15) is 12.2 Å². The van der Waals surface area contributed by atoms with E-state index in [1.165, 1.54) is 18.2 Å². The van der Waals surface area contributed by atoms with Gasteiger partial charge in [0.05, 0.1) is 0 Å². The number of phenolic OH excluding ortho intramolecular Hbond substituents is 1. The number of ether oxygens (including phenoxy) is 1. The van der Waals surface area contributed by atoms with Crippen molar-refractivity contribution in [2.75, 3.05) is 13.7 Å². The number of rotatable bonds is 5. The average Bonchev–Trinajstić information content (AvgIpc) is 2.78. The number of benzene rings is 1. The van der Waals surface area contributed by atoms with E-state index in [9.17, 15) is 9.50 Å². The summed E-state index contributed by atoms with van der Waals surface area (Å²) in [5.74, 6) is -0.369. The molecule has 0 aliphatic carbocycles. The number of aromatic nitrogens is 2. The van der Waals surface area contributed by atoms with Crippen molar-refractivity contribution in [2.45, 2.75) is 12.8 Å². The van der Waals surface area contributed by atoms with E-state index >= 15 is 0 Å². The summed E-state index contributed by atoms with van der Waals surface area (Å²) in [7, 11) is 1.61. The fourth-order valence-corrected chi connectivity index (χ4v) is 1.56. The number of hydrogen-bond donors (Lipinski definition) is 1. The number of aryl methyl sites for hydroxylation is 1. The lowest BCUT2D eigenvalue weighted by Crippen LogP contribution is -1.94. The largest absolute Gasteiger partial charge is 0.507 e. The van der Waals surface area contributed by atoms with E-state index in [0.29, 0.717) is 18.9 Å². The first-order valence-electron chi connectivity index (χ1n) is 5.51. The van der Waals surface area contributed by atoms with Gasteiger partial charge >= 0.3 is 0 Å². The fourth-order valence-electron chi connectivity index (χ4n) is 1.56. The lowest BCUT2D eigenvalue weighted by molar-refractivity contribution is 0.194. The third-order valence-electron chi connectivity index (χ3n) is 2.42. The highest BCUT2D eigenvalue weighted by atomic mass is 19.1. The van der Waals surface area contributed by atoms with E-state index in [1.54, 1.807) is 7.11 Å². The van der Waals surface area contributed by atoms with Crippen LogP contribution in [-0.4, -0.2) is 29.0 Å². The Morgan fingerprint density at radius 1 is 1.44 bits per heavy atom. The van der Waals surface area contributed by atoms with Crippen molar-refractivity contribution in [3.05, 3.63) is 29.8 Å². The average molecular weight is 252 g/mol. The van der Waals surface area contributed by atoms with Crippen LogP contribution in [0.4, 0.5) is 4.39 Å². The van der Waals surface area contributed by atoms with Crippen molar-refractivity contribution in [1.29, 1.82) is 0 Å². The van der Waals surface area contributed by atoms with Gasteiger partial charge in [-0.3, -0.25) is 0 Å². The zero-order valence-electron chi connectivity index (χ0n) is 9.89. The van der Waals surface area contributed by atoms with E-state index in [-0.39, 0.29) is 17.2 Å². The first-order valence-corrected chi connectivity index (χ1v) is 5.51. The second-order valence-corrected chi connectivity index (χ2v) is 3.75. The summed E-state index contributed by atoms with van der Waals surface area (Å²) >= 11 is 0. The molecule has 0 fully saturated rings. The summed E-state index contributed by atoms with van der Waals surface area (Å²) in [6, 6.07) is 4.00. The van der Waals surface area contributed by atoms with Crippen LogP contribution in [0.15, 0.2) is 22.7 Å². The molecule has 6 heteroatoms. The molecular weight excluding hydrogens is 239 g/mol. The fraction of sp³-hybridized carbons (Fsp3) is 0.333. The van der Waals surface area contributed by atoms with Crippen LogP contribution in [0.2, 0.25) is 0 Å². The maximum Gasteiger partial charge on any atom is 0.264 e. The molecule has 1 aromatic carbocycles. The molecule has 0 aliphatic heterocycles. The molecule has 2 rings (SSSR count). The zero-order chi connectivity index (χ0) is 13.0. The molecule has 0 atom stereocenters. The van der Waals surface area contributed by atoms with Gasteiger partial charge in [0.15, 0.2) is 5.82 Å². The molecule has 0 spiro atoms. The maximum atomic E-state index is 13.5. The predicted octanol–water partition coefficient (Wildman–Crippen LogP) is 2.16. The Hall–Kier alpha value is -1.95. The molecule has 0 saturated heterocycles. The Morgan fingerprint density at radius 2 is 2.28 bits per heavy atom. The van der Waals surface area contributed by atoms with Crippen LogP contribution in [0.5, 0.6) is 5.75 Å². The van der Waals surface area contributed by atoms with Gasteiger partial charge in [-0.15, -0.1) is 0 Å². The van der Waals surface area contributed by atoms with E-state index in [2.05, 4.69) is 10.1 Å². The minimum atomic E-state index is -0.595. The zero-order valence-corrected chi connectivity index (χ0v) is 9.89. The standard InChI is InChI=1S/C12H13FN2O3/c1-17-7-3-6-10-14-12(18-15-10)11-8(13)4-2-5-9(11)16/h2,4-5,16H,3,6-7H2,1H3. The van der Waals surface area contributed by atoms with Crippen LogP contribution in [0.3, 0.4) is 0 Å². The van der Waals surface area contributed by atoms with Crippen molar-refractivity contribution in [3.8, 4) is 17.2 Å². The minimum Gasteiger partial charge on any atom is -0.507 e. The summed E-state index contributed by atoms with van der Waals surface area (Å²) in [6.07, 6.45) is 1.32. The molecule has 1 aromatic heterocycles. The van der Waals surface area contributed by atoms with Crippen molar-refractivity contribution >= 4 is 0 Å². The first kappa shape index (κ1) is 12.5. The number of halogens is 1. The second kappa shape index (κ2) is 5.59. The number of aromatic hydroxyl groups is 1. The molecular formula is C12H13FN2O3. The minimum absolute atomic E-state index is 0.0157. The molecule has 0 aliphatic rings. The van der Waals surface area contributed by atoms with Gasteiger partial charge in [0.25, 0.3) is 5.89 Å². The van der Waals surface area contributed by atoms with E-state index in [0.717, 1.165) is 6.42 Å². The van der Waals surface area contributed by atoms with Gasteiger partial charge in [-0.2, -0.15) is 4.98 Å². The van der Waals surface area contributed by atoms with E-state index < -0.39 is 5.82 Å². The molecule has 1 N–H and O–H groups in total. The molecule has 5 nitrogen and oxygen atoms in total. The third kappa shape index (κ3) is 2.65. The molecule has 0 unspecified atom stereocenters. The monoisotopic (exact) mass is 252 g/mol. The normalized spacial score (nSPS) is 10.8. The SMILES string of the molecule is COCCCc1noc(-c2c(O)cccc2F)n1. The maximum absolute atomic E-state index is 13.5. The summed E-state index contributed by atoms with van der Waals surface area (Å²) in [6.45, 7) is 0.592. The second-order valence-electron chi connectivity index (χ2n) is 3.75. The molecule has 0 saturated carbocycles. The van der Waals surface area contributed by atoms with Crippen LogP contribution < -0.4 is 0 Å². The highest BCUT2D eigenvalue weighted by Gasteiger charge is 2.17. The van der Waals surface area contributed by atoms with Crippen molar-refractivity contribution in [1.82, 2.24) is 10.1 Å². The lowest BCUT2D eigenvalue weighted by atomic mass is 10.2. The highest BCUT2D eigenvalue weighted by molar-refractivity contribution is 5.62. The molecule has 0 amide bonds. The first-order chi connectivity index (χ1) is 8.72. The molecule has 0 radical (unpaired) electrons. The lowest BCUT2D eigenvalue weighted by Gasteiger charge is -1.99. The van der Waals surface area contributed by atoms with Crippen LogP contribution in [0.25, 0.3) is 11.5 Å². The Morgan fingerprint density at radius 3 is 3.00 bits per heavy atom. The Balaban J connectivity index is 2.19. The third-order valence-corrected chi connectivity index (χ3v) is 2.42. The van der Waals surface area contributed by atoms with Crippen molar-refractivity contribution < 1.29 is 18.8 Å². The van der Waals surface area contributed by atoms with Gasteiger partial charge in [0, 0.05) is 20.1 Å². The summed E-state index contributed by atoms with van der Waals surface area (Å²) in [5, 5.41) is 13.3. The molecule has 0 bridgehead atoms. The van der Waals surface area contributed by atoms with Gasteiger partial charge in [0.1, 0.15) is 17.1 Å². The topological polar surface area (TPSA) is 68.4 Å². The Labute approximate surface area is 103 Å². The summed E-state index contributed by atoms with van der Waals surface area (Å²) < 4.78 is 23.4. The molecule has 18 heavy (non-hydrogen) atoms. The number of nitrogens with zero attached hydrogens (tertiary/aromatic N) is 2. The van der Waals surface area contributed by atoms with Gasteiger partial charge in [0.2, 0.25) is 0 Å².